The van der Waals surface area contributed by atoms with Crippen LogP contribution in [0.25, 0.3) is 22.3 Å². The molecule has 0 N–H and O–H groups in total. The van der Waals surface area contributed by atoms with Crippen LogP contribution in [-0.4, -0.2) is 20.2 Å². The van der Waals surface area contributed by atoms with Gasteiger partial charge >= 0.3 is 0 Å². The molecule has 108 valence electrons. The Balaban J connectivity index is 1.87. The van der Waals surface area contributed by atoms with Gasteiger partial charge in [-0.1, -0.05) is 29.5 Å². The van der Waals surface area contributed by atoms with Gasteiger partial charge in [0.15, 0.2) is 10.2 Å². The molecule has 0 unspecified atom stereocenters. The van der Waals surface area contributed by atoms with Crippen LogP contribution in [0.3, 0.4) is 0 Å². The Labute approximate surface area is 139 Å². The Morgan fingerprint density at radius 1 is 1.05 bits per heavy atom. The summed E-state index contributed by atoms with van der Waals surface area (Å²) in [5, 5.41) is 15.3. The molecule has 3 aromatic heterocycles. The zero-order valence-corrected chi connectivity index (χ0v) is 14.0. The number of aromatic nitrogens is 4. The van der Waals surface area contributed by atoms with Crippen LogP contribution < -0.4 is 0 Å². The summed E-state index contributed by atoms with van der Waals surface area (Å²) in [7, 11) is 0. The lowest BCUT2D eigenvalue weighted by Gasteiger charge is -2.06. The second-order valence-electron chi connectivity index (χ2n) is 4.57. The minimum atomic E-state index is 0.753. The first-order valence-electron chi connectivity index (χ1n) is 6.57. The maximum atomic E-state index is 4.75. The predicted octanol–water partition coefficient (Wildman–Crippen LogP) is 4.67. The number of thiophene rings is 1. The zero-order valence-electron chi connectivity index (χ0n) is 11.6. The van der Waals surface area contributed by atoms with Gasteiger partial charge in [-0.25, -0.2) is 9.97 Å². The molecule has 0 saturated heterocycles. The van der Waals surface area contributed by atoms with Gasteiger partial charge in [0.05, 0.1) is 5.52 Å². The molecule has 4 nitrogen and oxygen atoms in total. The quantitative estimate of drug-likeness (QED) is 0.506. The molecular formula is C15H10N4S3. The van der Waals surface area contributed by atoms with Crippen molar-refractivity contribution in [2.45, 2.75) is 16.3 Å². The van der Waals surface area contributed by atoms with E-state index in [9.17, 15) is 0 Å². The highest BCUT2D eigenvalue weighted by molar-refractivity contribution is 8.01. The minimum Gasteiger partial charge on any atom is -0.228 e. The molecule has 22 heavy (non-hydrogen) atoms. The number of para-hydroxylation sites is 1. The summed E-state index contributed by atoms with van der Waals surface area (Å²) in [5.74, 6) is 0.753. The molecule has 0 amide bonds. The molecule has 0 spiro atoms. The van der Waals surface area contributed by atoms with Gasteiger partial charge < -0.3 is 0 Å². The fourth-order valence-corrected chi connectivity index (χ4v) is 4.53. The van der Waals surface area contributed by atoms with Crippen molar-refractivity contribution in [3.05, 3.63) is 46.1 Å². The molecule has 0 aliphatic rings. The van der Waals surface area contributed by atoms with Crippen LogP contribution in [-0.2, 0) is 0 Å². The largest absolute Gasteiger partial charge is 0.228 e. The number of aryl methyl sites for hydroxylation is 1. The van der Waals surface area contributed by atoms with Gasteiger partial charge in [0, 0.05) is 16.3 Å². The Morgan fingerprint density at radius 2 is 1.95 bits per heavy atom. The fraction of sp³-hybridized carbons (Fsp3) is 0.0667. The highest BCUT2D eigenvalue weighted by Gasteiger charge is 2.12. The summed E-state index contributed by atoms with van der Waals surface area (Å²) in [5.41, 5.74) is 1.99. The van der Waals surface area contributed by atoms with Crippen molar-refractivity contribution in [1.82, 2.24) is 20.2 Å². The lowest BCUT2D eigenvalue weighted by molar-refractivity contribution is 0.981. The molecule has 0 fully saturated rings. The number of nitrogens with zero attached hydrogens (tertiary/aromatic N) is 4. The summed E-state index contributed by atoms with van der Waals surface area (Å²) in [6.07, 6.45) is 0. The molecule has 4 aromatic rings. The van der Waals surface area contributed by atoms with Crippen LogP contribution in [0.15, 0.2) is 50.5 Å². The summed E-state index contributed by atoms with van der Waals surface area (Å²) in [6, 6.07) is 10.1. The van der Waals surface area contributed by atoms with E-state index in [2.05, 4.69) is 20.6 Å². The molecule has 0 aliphatic heterocycles. The van der Waals surface area contributed by atoms with E-state index >= 15 is 0 Å². The van der Waals surface area contributed by atoms with Crippen LogP contribution >= 0.6 is 34.4 Å². The van der Waals surface area contributed by atoms with Gasteiger partial charge in [-0.3, -0.25) is 0 Å². The SMILES string of the molecule is Cc1nnc(Sc2nc(-c3ccsc3)nc3ccccc23)s1. The van der Waals surface area contributed by atoms with Gasteiger partial charge in [0.2, 0.25) is 0 Å². The first kappa shape index (κ1) is 13.8. The molecule has 3 heterocycles. The third kappa shape index (κ3) is 2.63. The number of benzene rings is 1. The molecule has 0 saturated carbocycles. The second kappa shape index (κ2) is 5.75. The monoisotopic (exact) mass is 342 g/mol. The van der Waals surface area contributed by atoms with E-state index in [1.165, 1.54) is 0 Å². The Hall–Kier alpha value is -1.83. The molecular weight excluding hydrogens is 332 g/mol. The number of hydrogen-bond donors (Lipinski definition) is 0. The first-order chi connectivity index (χ1) is 10.8. The normalized spacial score (nSPS) is 11.1. The number of hydrogen-bond acceptors (Lipinski definition) is 7. The van der Waals surface area contributed by atoms with Crippen molar-refractivity contribution < 1.29 is 0 Å². The average molecular weight is 342 g/mol. The molecule has 0 atom stereocenters. The predicted molar refractivity (Wildman–Crippen MR) is 91.6 cm³/mol. The molecule has 0 radical (unpaired) electrons. The molecule has 1 aromatic carbocycles. The maximum absolute atomic E-state index is 4.75. The number of rotatable bonds is 3. The van der Waals surface area contributed by atoms with E-state index in [4.69, 9.17) is 4.98 Å². The van der Waals surface area contributed by atoms with E-state index in [0.717, 1.165) is 36.7 Å². The van der Waals surface area contributed by atoms with Crippen LogP contribution in [0.5, 0.6) is 0 Å². The summed E-state index contributed by atoms with van der Waals surface area (Å²) >= 11 is 4.77. The van der Waals surface area contributed by atoms with E-state index in [0.29, 0.717) is 0 Å². The molecule has 4 rings (SSSR count). The van der Waals surface area contributed by atoms with Gasteiger partial charge in [-0.05, 0) is 36.2 Å². The van der Waals surface area contributed by atoms with Crippen LogP contribution in [0.4, 0.5) is 0 Å². The lowest BCUT2D eigenvalue weighted by atomic mass is 10.2. The molecule has 0 aliphatic carbocycles. The highest BCUT2D eigenvalue weighted by atomic mass is 32.2. The maximum Gasteiger partial charge on any atom is 0.180 e. The zero-order chi connectivity index (χ0) is 14.9. The van der Waals surface area contributed by atoms with Crippen molar-refractivity contribution in [1.29, 1.82) is 0 Å². The van der Waals surface area contributed by atoms with Crippen molar-refractivity contribution in [2.75, 3.05) is 0 Å². The Bertz CT molecular complexity index is 931. The van der Waals surface area contributed by atoms with E-state index in [-0.39, 0.29) is 0 Å². The van der Waals surface area contributed by atoms with Crippen molar-refractivity contribution in [3.8, 4) is 11.4 Å². The van der Waals surface area contributed by atoms with Gasteiger partial charge in [-0.15, -0.1) is 10.2 Å². The van der Waals surface area contributed by atoms with Crippen LogP contribution in [0.1, 0.15) is 5.01 Å². The molecule has 7 heteroatoms. The van der Waals surface area contributed by atoms with Gasteiger partial charge in [-0.2, -0.15) is 11.3 Å². The standard InChI is InChI=1S/C15H10N4S3/c1-9-18-19-15(21-9)22-14-11-4-2-3-5-12(11)16-13(17-14)10-6-7-20-8-10/h2-8H,1H3. The molecule has 0 bridgehead atoms. The van der Waals surface area contributed by atoms with E-state index in [1.807, 2.05) is 42.6 Å². The Kier molecular flexibility index (Phi) is 3.61. The highest BCUT2D eigenvalue weighted by Crippen LogP contribution is 2.34. The summed E-state index contributed by atoms with van der Waals surface area (Å²) < 4.78 is 0.901. The van der Waals surface area contributed by atoms with Gasteiger partial charge in [0.1, 0.15) is 10.0 Å². The first-order valence-corrected chi connectivity index (χ1v) is 9.14. The lowest BCUT2D eigenvalue weighted by Crippen LogP contribution is -1.92. The van der Waals surface area contributed by atoms with Crippen LogP contribution in [0.2, 0.25) is 0 Å². The smallest absolute Gasteiger partial charge is 0.180 e. The van der Waals surface area contributed by atoms with Crippen molar-refractivity contribution >= 4 is 45.3 Å². The third-order valence-electron chi connectivity index (χ3n) is 3.04. The van der Waals surface area contributed by atoms with Gasteiger partial charge in [0.25, 0.3) is 0 Å². The fourth-order valence-electron chi connectivity index (χ4n) is 2.05. The van der Waals surface area contributed by atoms with Crippen LogP contribution in [0, 0.1) is 6.92 Å². The van der Waals surface area contributed by atoms with Crippen molar-refractivity contribution in [2.24, 2.45) is 0 Å². The third-order valence-corrected chi connectivity index (χ3v) is 5.62. The topological polar surface area (TPSA) is 51.6 Å². The average Bonchev–Trinajstić information content (AvgIpc) is 3.19. The van der Waals surface area contributed by atoms with E-state index < -0.39 is 0 Å². The summed E-state index contributed by atoms with van der Waals surface area (Å²) in [4.78, 5) is 9.42. The second-order valence-corrected chi connectivity index (χ2v) is 7.77. The number of fused-ring (bicyclic) bond motifs is 1. The van der Waals surface area contributed by atoms with E-state index in [1.54, 1.807) is 34.4 Å². The minimum absolute atomic E-state index is 0.753. The Morgan fingerprint density at radius 3 is 2.73 bits per heavy atom. The van der Waals surface area contributed by atoms with Crippen molar-refractivity contribution in [3.63, 3.8) is 0 Å². The summed E-state index contributed by atoms with van der Waals surface area (Å²) in [6.45, 7) is 1.95.